The maximum Gasteiger partial charge on any atom is 0.410 e. The second kappa shape index (κ2) is 10.2. The summed E-state index contributed by atoms with van der Waals surface area (Å²) in [7, 11) is 2.09. The molecule has 2 aliphatic rings. The molecule has 2 fully saturated rings. The second-order valence-electron chi connectivity index (χ2n) is 10.4. The minimum absolute atomic E-state index is 0.115. The highest BCUT2D eigenvalue weighted by atomic mass is 16.6. The molecule has 3 heterocycles. The van der Waals surface area contributed by atoms with Gasteiger partial charge in [0, 0.05) is 25.2 Å². The van der Waals surface area contributed by atoms with Gasteiger partial charge in [-0.1, -0.05) is 5.16 Å². The number of carbonyl (C=O) groups is 1. The number of ether oxygens (including phenoxy) is 2. The van der Waals surface area contributed by atoms with E-state index in [4.69, 9.17) is 15.2 Å². The second-order valence-corrected chi connectivity index (χ2v) is 10.4. The first kappa shape index (κ1) is 25.8. The zero-order valence-corrected chi connectivity index (χ0v) is 21.4. The van der Waals surface area contributed by atoms with Crippen LogP contribution >= 0.6 is 0 Å². The zero-order chi connectivity index (χ0) is 25.2. The SMILES string of the molecule is C[C@H](Oc1nc(/C(N)=N/O)cc(N2C[C@H](C)N(C(=O)OC(C)(C)C)[C@@H](C)C2)n1)[C@@H]1CCCN1C. The molecule has 0 spiro atoms. The van der Waals surface area contributed by atoms with Crippen LogP contribution in [0.1, 0.15) is 60.1 Å². The number of anilines is 1. The first-order valence-corrected chi connectivity index (χ1v) is 11.9. The van der Waals surface area contributed by atoms with Gasteiger partial charge >= 0.3 is 12.1 Å². The van der Waals surface area contributed by atoms with E-state index in [1.165, 1.54) is 0 Å². The number of likely N-dealkylation sites (tertiary alicyclic amines) is 1. The van der Waals surface area contributed by atoms with E-state index in [0.29, 0.717) is 18.9 Å². The van der Waals surface area contributed by atoms with Gasteiger partial charge in [-0.25, -0.2) is 4.79 Å². The van der Waals surface area contributed by atoms with E-state index in [-0.39, 0.29) is 47.9 Å². The number of aromatic nitrogens is 2. The topological polar surface area (TPSA) is 130 Å². The zero-order valence-electron chi connectivity index (χ0n) is 21.4. The number of rotatable bonds is 5. The molecule has 0 bridgehead atoms. The van der Waals surface area contributed by atoms with Gasteiger partial charge in [-0.2, -0.15) is 9.97 Å². The Labute approximate surface area is 201 Å². The van der Waals surface area contributed by atoms with E-state index in [0.717, 1.165) is 19.4 Å². The maximum atomic E-state index is 12.8. The highest BCUT2D eigenvalue weighted by Gasteiger charge is 2.36. The number of amides is 1. The minimum atomic E-state index is -0.563. The van der Waals surface area contributed by atoms with Crippen molar-refractivity contribution in [3.8, 4) is 6.01 Å². The van der Waals surface area contributed by atoms with Crippen LogP contribution < -0.4 is 15.4 Å². The number of amidine groups is 1. The quantitative estimate of drug-likeness (QED) is 0.284. The summed E-state index contributed by atoms with van der Waals surface area (Å²) in [5, 5.41) is 12.3. The third kappa shape index (κ3) is 5.99. The van der Waals surface area contributed by atoms with Crippen molar-refractivity contribution in [3.63, 3.8) is 0 Å². The Balaban J connectivity index is 1.83. The van der Waals surface area contributed by atoms with E-state index in [1.54, 1.807) is 11.0 Å². The summed E-state index contributed by atoms with van der Waals surface area (Å²) in [5.74, 6) is 0.480. The van der Waals surface area contributed by atoms with Gasteiger partial charge in [0.25, 0.3) is 0 Å². The Morgan fingerprint density at radius 3 is 2.44 bits per heavy atom. The minimum Gasteiger partial charge on any atom is -0.459 e. The van der Waals surface area contributed by atoms with Crippen molar-refractivity contribution in [2.24, 2.45) is 10.9 Å². The molecule has 3 N–H and O–H groups in total. The molecule has 4 atom stereocenters. The number of carbonyl (C=O) groups excluding carboxylic acids is 1. The molecule has 2 saturated heterocycles. The van der Waals surface area contributed by atoms with Gasteiger partial charge in [-0.05, 0) is 68.0 Å². The molecule has 3 rings (SSSR count). The fraction of sp³-hybridized carbons (Fsp3) is 0.739. The molecule has 34 heavy (non-hydrogen) atoms. The van der Waals surface area contributed by atoms with Crippen molar-refractivity contribution in [2.75, 3.05) is 31.6 Å². The third-order valence-corrected chi connectivity index (χ3v) is 6.32. The lowest BCUT2D eigenvalue weighted by Gasteiger charge is -2.44. The maximum absolute atomic E-state index is 12.8. The Morgan fingerprint density at radius 1 is 1.26 bits per heavy atom. The molecule has 11 nitrogen and oxygen atoms in total. The largest absolute Gasteiger partial charge is 0.459 e. The molecule has 0 aliphatic carbocycles. The molecule has 0 aromatic carbocycles. The number of hydrogen-bond acceptors (Lipinski definition) is 9. The molecular formula is C23H39N7O4. The van der Waals surface area contributed by atoms with Crippen molar-refractivity contribution in [3.05, 3.63) is 11.8 Å². The number of hydrogen-bond donors (Lipinski definition) is 2. The molecule has 1 aromatic rings. The average Bonchev–Trinajstić information content (AvgIpc) is 3.17. The van der Waals surface area contributed by atoms with Crippen LogP contribution in [0.2, 0.25) is 0 Å². The number of nitrogens with two attached hydrogens (primary N) is 1. The lowest BCUT2D eigenvalue weighted by Crippen LogP contribution is -2.59. The van der Waals surface area contributed by atoms with Gasteiger partial charge in [-0.3, -0.25) is 9.80 Å². The predicted octanol–water partition coefficient (Wildman–Crippen LogP) is 2.27. The smallest absolute Gasteiger partial charge is 0.410 e. The van der Waals surface area contributed by atoms with Crippen LogP contribution in [0.4, 0.5) is 10.6 Å². The van der Waals surface area contributed by atoms with Crippen molar-refractivity contribution in [2.45, 2.75) is 84.2 Å². The van der Waals surface area contributed by atoms with E-state index in [9.17, 15) is 10.0 Å². The van der Waals surface area contributed by atoms with Crippen LogP contribution in [0.25, 0.3) is 0 Å². The van der Waals surface area contributed by atoms with Gasteiger partial charge in [0.2, 0.25) is 0 Å². The lowest BCUT2D eigenvalue weighted by molar-refractivity contribution is 0.00557. The van der Waals surface area contributed by atoms with Crippen LogP contribution in [-0.2, 0) is 4.74 Å². The van der Waals surface area contributed by atoms with E-state index < -0.39 is 5.60 Å². The summed E-state index contributed by atoms with van der Waals surface area (Å²) < 4.78 is 11.7. The molecule has 2 aliphatic heterocycles. The van der Waals surface area contributed by atoms with E-state index in [2.05, 4.69) is 32.0 Å². The van der Waals surface area contributed by atoms with Crippen molar-refractivity contribution < 1.29 is 19.5 Å². The van der Waals surface area contributed by atoms with Crippen molar-refractivity contribution >= 4 is 17.7 Å². The number of oxime groups is 1. The first-order valence-electron chi connectivity index (χ1n) is 11.9. The molecule has 0 radical (unpaired) electrons. The fourth-order valence-electron chi connectivity index (χ4n) is 4.77. The normalized spacial score (nSPS) is 25.4. The number of piperazine rings is 1. The molecular weight excluding hydrogens is 438 g/mol. The lowest BCUT2D eigenvalue weighted by atomic mass is 10.1. The Hall–Kier alpha value is -2.82. The summed E-state index contributed by atoms with van der Waals surface area (Å²) in [6.45, 7) is 13.7. The molecule has 190 valence electrons. The molecule has 1 amide bonds. The highest BCUT2D eigenvalue weighted by Crippen LogP contribution is 2.26. The Morgan fingerprint density at radius 2 is 1.91 bits per heavy atom. The monoisotopic (exact) mass is 477 g/mol. The van der Waals surface area contributed by atoms with Crippen LogP contribution in [0.5, 0.6) is 6.01 Å². The van der Waals surface area contributed by atoms with Crippen molar-refractivity contribution in [1.82, 2.24) is 19.8 Å². The number of nitrogens with zero attached hydrogens (tertiary/aromatic N) is 6. The summed E-state index contributed by atoms with van der Waals surface area (Å²) in [5.41, 5.74) is 5.59. The van der Waals surface area contributed by atoms with Gasteiger partial charge in [0.15, 0.2) is 5.84 Å². The van der Waals surface area contributed by atoms with Crippen LogP contribution in [0.15, 0.2) is 11.2 Å². The predicted molar refractivity (Wildman–Crippen MR) is 129 cm³/mol. The molecule has 0 unspecified atom stereocenters. The van der Waals surface area contributed by atoms with Crippen LogP contribution in [0.3, 0.4) is 0 Å². The van der Waals surface area contributed by atoms with Crippen molar-refractivity contribution in [1.29, 1.82) is 0 Å². The fourth-order valence-corrected chi connectivity index (χ4v) is 4.77. The molecule has 0 saturated carbocycles. The highest BCUT2D eigenvalue weighted by molar-refractivity contribution is 5.95. The summed E-state index contributed by atoms with van der Waals surface area (Å²) in [6.07, 6.45) is 1.73. The Bertz CT molecular complexity index is 892. The number of likely N-dealkylation sites (N-methyl/N-ethyl adjacent to an activating group) is 1. The van der Waals surface area contributed by atoms with Gasteiger partial charge in [0.05, 0.1) is 12.1 Å². The van der Waals surface area contributed by atoms with E-state index >= 15 is 0 Å². The molecule has 1 aromatic heterocycles. The standard InChI is InChI=1S/C23H39N7O4/c1-14-12-29(13-15(2)30(14)22(31)34-23(4,5)6)19-11-17(20(24)27-32)25-21(26-19)33-16(3)18-9-8-10-28(18)7/h11,14-16,18,32H,8-10,12-13H2,1-7H3,(H2,24,27)/t14-,15-,16-,18-/m0/s1. The molecule has 11 heteroatoms. The van der Waals surface area contributed by atoms with Gasteiger partial charge in [-0.15, -0.1) is 0 Å². The summed E-state index contributed by atoms with van der Waals surface area (Å²) in [6, 6.07) is 1.91. The summed E-state index contributed by atoms with van der Waals surface area (Å²) in [4.78, 5) is 27.9. The summed E-state index contributed by atoms with van der Waals surface area (Å²) >= 11 is 0. The third-order valence-electron chi connectivity index (χ3n) is 6.32. The average molecular weight is 478 g/mol. The van der Waals surface area contributed by atoms with Gasteiger partial charge < -0.3 is 25.3 Å². The van der Waals surface area contributed by atoms with Gasteiger partial charge in [0.1, 0.15) is 23.2 Å². The van der Waals surface area contributed by atoms with E-state index in [1.807, 2.05) is 41.5 Å². The van der Waals surface area contributed by atoms with Crippen LogP contribution in [0, 0.1) is 0 Å². The Kier molecular flexibility index (Phi) is 7.74. The first-order chi connectivity index (χ1) is 15.9. The van der Waals surface area contributed by atoms with Crippen LogP contribution in [-0.4, -0.2) is 93.4 Å².